The maximum atomic E-state index is 13.6. The van der Waals surface area contributed by atoms with E-state index >= 15 is 0 Å². The molecule has 1 fully saturated rings. The second-order valence-corrected chi connectivity index (χ2v) is 8.23. The first kappa shape index (κ1) is 26.3. The van der Waals surface area contributed by atoms with Crippen LogP contribution in [0.1, 0.15) is 46.1 Å². The molecule has 9 heteroatoms. The predicted octanol–water partition coefficient (Wildman–Crippen LogP) is 2.34. The van der Waals surface area contributed by atoms with Gasteiger partial charge in [-0.2, -0.15) is 0 Å². The first-order valence-corrected chi connectivity index (χ1v) is 11.5. The highest BCUT2D eigenvalue weighted by atomic mass is 16.6. The lowest BCUT2D eigenvalue weighted by Gasteiger charge is -2.36. The van der Waals surface area contributed by atoms with Crippen LogP contribution in [-0.2, 0) is 30.5 Å². The molecular formula is C24H35N3O6. The van der Waals surface area contributed by atoms with E-state index in [2.05, 4.69) is 5.32 Å². The normalized spacial score (nSPS) is 16.2. The first-order valence-electron chi connectivity index (χ1n) is 11.5. The molecule has 0 aromatic heterocycles. The number of nitrogens with zero attached hydrogens (tertiary/aromatic N) is 2. The topological polar surface area (TPSA) is 105 Å². The Kier molecular flexibility index (Phi) is 10.3. The molecule has 1 heterocycles. The third kappa shape index (κ3) is 7.28. The van der Waals surface area contributed by atoms with E-state index in [1.54, 1.807) is 52.0 Å². The summed E-state index contributed by atoms with van der Waals surface area (Å²) in [5, 5.41) is 3.16. The Bertz CT molecular complexity index is 808. The maximum Gasteiger partial charge on any atom is 0.417 e. The fraction of sp³-hybridized carbons (Fsp3) is 0.583. The Morgan fingerprint density at radius 3 is 2.33 bits per heavy atom. The van der Waals surface area contributed by atoms with Gasteiger partial charge in [0, 0.05) is 6.54 Å². The van der Waals surface area contributed by atoms with Crippen LogP contribution in [0.2, 0.25) is 0 Å². The van der Waals surface area contributed by atoms with Crippen LogP contribution in [0.4, 0.5) is 4.79 Å². The van der Waals surface area contributed by atoms with Gasteiger partial charge >= 0.3 is 12.1 Å². The summed E-state index contributed by atoms with van der Waals surface area (Å²) in [6, 6.07) is 7.74. The minimum Gasteiger partial charge on any atom is -0.465 e. The lowest BCUT2D eigenvalue weighted by atomic mass is 9.99. The molecule has 0 radical (unpaired) electrons. The van der Waals surface area contributed by atoms with E-state index in [1.807, 2.05) is 6.07 Å². The zero-order chi connectivity index (χ0) is 24.4. The number of carbonyl (C=O) groups excluding carboxylic acids is 4. The van der Waals surface area contributed by atoms with E-state index < -0.39 is 30.6 Å². The summed E-state index contributed by atoms with van der Waals surface area (Å²) in [4.78, 5) is 54.1. The highest BCUT2D eigenvalue weighted by molar-refractivity contribution is 6.00. The number of rotatable bonds is 10. The van der Waals surface area contributed by atoms with Crippen molar-refractivity contribution in [3.63, 3.8) is 0 Å². The largest absolute Gasteiger partial charge is 0.465 e. The molecule has 182 valence electrons. The summed E-state index contributed by atoms with van der Waals surface area (Å²) >= 11 is 0. The van der Waals surface area contributed by atoms with Crippen molar-refractivity contribution in [1.29, 1.82) is 0 Å². The van der Waals surface area contributed by atoms with Gasteiger partial charge in [-0.25, -0.2) is 9.69 Å². The molecule has 2 atom stereocenters. The molecule has 1 aromatic carbocycles. The van der Waals surface area contributed by atoms with Crippen LogP contribution in [0.25, 0.3) is 0 Å². The van der Waals surface area contributed by atoms with Gasteiger partial charge in [-0.1, -0.05) is 44.2 Å². The van der Waals surface area contributed by atoms with Gasteiger partial charge in [-0.3, -0.25) is 14.4 Å². The van der Waals surface area contributed by atoms with E-state index in [0.29, 0.717) is 6.42 Å². The lowest BCUT2D eigenvalue weighted by Crippen LogP contribution is -2.58. The van der Waals surface area contributed by atoms with Crippen LogP contribution in [0.15, 0.2) is 30.3 Å². The van der Waals surface area contributed by atoms with Crippen molar-refractivity contribution in [2.45, 2.75) is 59.2 Å². The predicted molar refractivity (Wildman–Crippen MR) is 122 cm³/mol. The Morgan fingerprint density at radius 1 is 1.09 bits per heavy atom. The quantitative estimate of drug-likeness (QED) is 0.533. The molecule has 3 amide bonds. The number of likely N-dealkylation sites (N-methyl/N-ethyl adjacent to an activating group) is 1. The smallest absolute Gasteiger partial charge is 0.417 e. The van der Waals surface area contributed by atoms with E-state index in [4.69, 9.17) is 9.47 Å². The zero-order valence-electron chi connectivity index (χ0n) is 19.9. The van der Waals surface area contributed by atoms with Gasteiger partial charge in [0.25, 0.3) is 5.91 Å². The third-order valence-electron chi connectivity index (χ3n) is 5.49. The Morgan fingerprint density at radius 2 is 1.79 bits per heavy atom. The maximum absolute atomic E-state index is 13.6. The van der Waals surface area contributed by atoms with E-state index in [-0.39, 0.29) is 37.6 Å². The van der Waals surface area contributed by atoms with Gasteiger partial charge in [0.1, 0.15) is 19.2 Å². The summed E-state index contributed by atoms with van der Waals surface area (Å²) in [5.74, 6) is -1.87. The minimum atomic E-state index is -0.954. The van der Waals surface area contributed by atoms with E-state index in [0.717, 1.165) is 23.4 Å². The van der Waals surface area contributed by atoms with Crippen LogP contribution < -0.4 is 5.32 Å². The van der Waals surface area contributed by atoms with Gasteiger partial charge in [0.2, 0.25) is 5.91 Å². The summed E-state index contributed by atoms with van der Waals surface area (Å²) in [6.45, 7) is 7.54. The van der Waals surface area contributed by atoms with Crippen molar-refractivity contribution in [3.8, 4) is 0 Å². The van der Waals surface area contributed by atoms with Gasteiger partial charge in [0.15, 0.2) is 0 Å². The third-order valence-corrected chi connectivity index (χ3v) is 5.49. The van der Waals surface area contributed by atoms with Gasteiger partial charge in [-0.15, -0.1) is 0 Å². The number of benzene rings is 1. The zero-order valence-corrected chi connectivity index (χ0v) is 19.9. The molecular weight excluding hydrogens is 426 g/mol. The van der Waals surface area contributed by atoms with Crippen molar-refractivity contribution in [2.24, 2.45) is 5.92 Å². The van der Waals surface area contributed by atoms with Crippen LogP contribution >= 0.6 is 0 Å². The van der Waals surface area contributed by atoms with E-state index in [9.17, 15) is 19.2 Å². The molecule has 1 saturated heterocycles. The number of hydrogen-bond donors (Lipinski definition) is 1. The highest BCUT2D eigenvalue weighted by Crippen LogP contribution is 2.19. The fourth-order valence-electron chi connectivity index (χ4n) is 3.89. The Balaban J connectivity index is 2.26. The molecule has 1 aromatic rings. The second kappa shape index (κ2) is 12.9. The molecule has 1 N–H and O–H groups in total. The van der Waals surface area contributed by atoms with Crippen LogP contribution in [0, 0.1) is 5.92 Å². The molecule has 0 unspecified atom stereocenters. The number of esters is 1. The van der Waals surface area contributed by atoms with Gasteiger partial charge in [-0.05, 0) is 44.7 Å². The first-order chi connectivity index (χ1) is 15.8. The number of amides is 3. The number of imide groups is 1. The Labute approximate surface area is 195 Å². The summed E-state index contributed by atoms with van der Waals surface area (Å²) in [7, 11) is 0. The van der Waals surface area contributed by atoms with Crippen molar-refractivity contribution in [1.82, 2.24) is 15.1 Å². The van der Waals surface area contributed by atoms with Crippen molar-refractivity contribution < 1.29 is 28.7 Å². The number of carbonyl (C=O) groups is 4. The van der Waals surface area contributed by atoms with Crippen LogP contribution in [0.5, 0.6) is 0 Å². The molecule has 0 spiro atoms. The summed E-state index contributed by atoms with van der Waals surface area (Å²) in [5.41, 5.74) is 0.743. The Hall–Kier alpha value is -2.94. The number of nitrogens with one attached hydrogen (secondary N) is 1. The molecule has 9 nitrogen and oxygen atoms in total. The second-order valence-electron chi connectivity index (χ2n) is 8.23. The highest BCUT2D eigenvalue weighted by Gasteiger charge is 2.40. The lowest BCUT2D eigenvalue weighted by molar-refractivity contribution is -0.153. The average molecular weight is 462 g/mol. The SMILES string of the molecule is CCOC(=O)CN(C(=O)OCc1ccccc1)C(=O)[C@H](C(C)C)N(CC)C(=O)[C@@H]1CCCN1. The standard InChI is InChI=1S/C24H35N3O6/c1-5-26(22(29)19-13-10-14-25-19)21(17(3)4)23(30)27(15-20(28)32-6-2)24(31)33-16-18-11-8-7-9-12-18/h7-9,11-12,17,19,21,25H,5-6,10,13-16H2,1-4H3/t19-,21-/m0/s1. The summed E-state index contributed by atoms with van der Waals surface area (Å²) in [6.07, 6.45) is 0.625. The fourth-order valence-corrected chi connectivity index (χ4v) is 3.89. The van der Waals surface area contributed by atoms with Gasteiger partial charge in [0.05, 0.1) is 12.6 Å². The minimum absolute atomic E-state index is 0.0545. The van der Waals surface area contributed by atoms with Gasteiger partial charge < -0.3 is 19.7 Å². The average Bonchev–Trinajstić information content (AvgIpc) is 3.34. The summed E-state index contributed by atoms with van der Waals surface area (Å²) < 4.78 is 10.3. The number of hydrogen-bond acceptors (Lipinski definition) is 7. The molecule has 1 aliphatic heterocycles. The molecule has 0 bridgehead atoms. The van der Waals surface area contributed by atoms with Crippen LogP contribution in [-0.4, -0.2) is 72.0 Å². The van der Waals surface area contributed by atoms with Crippen molar-refractivity contribution in [2.75, 3.05) is 26.2 Å². The molecule has 1 aliphatic rings. The molecule has 0 saturated carbocycles. The van der Waals surface area contributed by atoms with Crippen molar-refractivity contribution >= 4 is 23.9 Å². The molecule has 0 aliphatic carbocycles. The molecule has 33 heavy (non-hydrogen) atoms. The molecule has 2 rings (SSSR count). The van der Waals surface area contributed by atoms with E-state index in [1.165, 1.54) is 4.90 Å². The number of ether oxygens (including phenoxy) is 2. The van der Waals surface area contributed by atoms with Crippen LogP contribution in [0.3, 0.4) is 0 Å². The van der Waals surface area contributed by atoms with Crippen molar-refractivity contribution in [3.05, 3.63) is 35.9 Å². The monoisotopic (exact) mass is 461 g/mol.